The Kier molecular flexibility index (Phi) is 6.88. The van der Waals surface area contributed by atoms with E-state index in [1.807, 2.05) is 6.07 Å². The lowest BCUT2D eigenvalue weighted by Crippen LogP contribution is -2.51. The number of nitrogens with zero attached hydrogens (tertiary/aromatic N) is 1. The number of halogens is 1. The number of carbonyl (C=O) groups is 1. The maximum atomic E-state index is 12.5. The second kappa shape index (κ2) is 10.2. The summed E-state index contributed by atoms with van der Waals surface area (Å²) < 4.78 is 11.2. The minimum Gasteiger partial charge on any atom is -0.484 e. The monoisotopic (exact) mass is 480 g/mol. The lowest BCUT2D eigenvalue weighted by Gasteiger charge is -2.44. The number of rotatable bonds is 6. The second-order valence-electron chi connectivity index (χ2n) is 9.25. The second-order valence-corrected chi connectivity index (χ2v) is 9.68. The van der Waals surface area contributed by atoms with Gasteiger partial charge in [0.2, 0.25) is 0 Å². The van der Waals surface area contributed by atoms with E-state index in [0.29, 0.717) is 40.4 Å². The third kappa shape index (κ3) is 5.13. The van der Waals surface area contributed by atoms with Crippen molar-refractivity contribution in [1.29, 1.82) is 0 Å². The van der Waals surface area contributed by atoms with Gasteiger partial charge in [0.15, 0.2) is 6.61 Å². The van der Waals surface area contributed by atoms with Gasteiger partial charge in [-0.15, -0.1) is 0 Å². The molecule has 2 aliphatic rings. The summed E-state index contributed by atoms with van der Waals surface area (Å²) in [5.74, 6) is 0.872. The predicted molar refractivity (Wildman–Crippen MR) is 133 cm³/mol. The van der Waals surface area contributed by atoms with Gasteiger partial charge in [-0.3, -0.25) is 4.79 Å². The normalized spacial score (nSPS) is 20.6. The maximum absolute atomic E-state index is 12.5. The Morgan fingerprint density at radius 1 is 1.06 bits per heavy atom. The highest BCUT2D eigenvalue weighted by molar-refractivity contribution is 6.30. The SMILES string of the molecule is O=C(COc1ccc2cc(-c3ccc(Cl)cc3)c(=O)oc2c1)NCC1CCCN2CCCCC12. The zero-order valence-corrected chi connectivity index (χ0v) is 19.9. The molecular weight excluding hydrogens is 452 g/mol. The number of piperidine rings is 2. The fourth-order valence-electron chi connectivity index (χ4n) is 5.27. The van der Waals surface area contributed by atoms with Crippen molar-refractivity contribution in [2.24, 2.45) is 5.92 Å². The third-order valence-corrected chi connectivity index (χ3v) is 7.27. The molecular formula is C27H29ClN2O4. The zero-order chi connectivity index (χ0) is 23.5. The summed E-state index contributed by atoms with van der Waals surface area (Å²) in [5, 5.41) is 4.44. The topological polar surface area (TPSA) is 71.8 Å². The van der Waals surface area contributed by atoms with Crippen LogP contribution < -0.4 is 15.7 Å². The van der Waals surface area contributed by atoms with Crippen molar-refractivity contribution in [2.45, 2.75) is 38.1 Å². The zero-order valence-electron chi connectivity index (χ0n) is 19.1. The molecule has 6 nitrogen and oxygen atoms in total. The third-order valence-electron chi connectivity index (χ3n) is 7.02. The first-order valence-electron chi connectivity index (χ1n) is 12.0. The van der Waals surface area contributed by atoms with Crippen LogP contribution in [-0.4, -0.2) is 43.1 Å². The van der Waals surface area contributed by atoms with Crippen LogP contribution in [0.3, 0.4) is 0 Å². The lowest BCUT2D eigenvalue weighted by atomic mass is 9.83. The first kappa shape index (κ1) is 22.9. The van der Waals surface area contributed by atoms with E-state index in [-0.39, 0.29) is 12.5 Å². The summed E-state index contributed by atoms with van der Waals surface area (Å²) in [6.45, 7) is 3.01. The fraction of sp³-hybridized carbons (Fsp3) is 0.407. The van der Waals surface area contributed by atoms with E-state index in [1.165, 1.54) is 45.2 Å². The van der Waals surface area contributed by atoms with Gasteiger partial charge in [-0.05, 0) is 80.6 Å². The van der Waals surface area contributed by atoms with Crippen LogP contribution in [0.25, 0.3) is 22.1 Å². The number of nitrogens with one attached hydrogen (secondary N) is 1. The molecule has 0 saturated carbocycles. The molecule has 1 N–H and O–H groups in total. The van der Waals surface area contributed by atoms with E-state index < -0.39 is 5.63 Å². The summed E-state index contributed by atoms with van der Waals surface area (Å²) in [6.07, 6.45) is 6.18. The molecule has 0 radical (unpaired) electrons. The van der Waals surface area contributed by atoms with E-state index in [1.54, 1.807) is 42.5 Å². The highest BCUT2D eigenvalue weighted by Crippen LogP contribution is 2.30. The van der Waals surface area contributed by atoms with Crippen LogP contribution in [-0.2, 0) is 4.79 Å². The molecule has 2 aromatic carbocycles. The van der Waals surface area contributed by atoms with Crippen LogP contribution >= 0.6 is 11.6 Å². The van der Waals surface area contributed by atoms with Gasteiger partial charge in [-0.2, -0.15) is 0 Å². The van der Waals surface area contributed by atoms with Crippen molar-refractivity contribution < 1.29 is 13.9 Å². The molecule has 1 amide bonds. The average molecular weight is 481 g/mol. The van der Waals surface area contributed by atoms with Crippen LogP contribution in [0, 0.1) is 5.92 Å². The fourth-order valence-corrected chi connectivity index (χ4v) is 5.40. The summed E-state index contributed by atoms with van der Waals surface area (Å²) in [7, 11) is 0. The van der Waals surface area contributed by atoms with Gasteiger partial charge in [-0.25, -0.2) is 4.79 Å². The van der Waals surface area contributed by atoms with Crippen molar-refractivity contribution in [1.82, 2.24) is 10.2 Å². The van der Waals surface area contributed by atoms with Crippen LogP contribution in [0.15, 0.2) is 57.7 Å². The van der Waals surface area contributed by atoms with Gasteiger partial charge in [0.05, 0.1) is 5.56 Å². The Balaban J connectivity index is 1.19. The van der Waals surface area contributed by atoms with Gasteiger partial charge in [0.25, 0.3) is 5.91 Å². The van der Waals surface area contributed by atoms with Crippen LogP contribution in [0.1, 0.15) is 32.1 Å². The number of carbonyl (C=O) groups excluding carboxylic acids is 1. The van der Waals surface area contributed by atoms with Gasteiger partial charge in [-0.1, -0.05) is 30.2 Å². The van der Waals surface area contributed by atoms with E-state index >= 15 is 0 Å². The Hall–Kier alpha value is -2.83. The molecule has 2 atom stereocenters. The number of fused-ring (bicyclic) bond motifs is 2. The maximum Gasteiger partial charge on any atom is 0.344 e. The Labute approximate surface area is 203 Å². The van der Waals surface area contributed by atoms with Gasteiger partial charge in [0.1, 0.15) is 11.3 Å². The molecule has 5 rings (SSSR count). The molecule has 2 fully saturated rings. The highest BCUT2D eigenvalue weighted by atomic mass is 35.5. The van der Waals surface area contributed by atoms with Crippen molar-refractivity contribution in [3.63, 3.8) is 0 Å². The molecule has 3 heterocycles. The average Bonchev–Trinajstić information content (AvgIpc) is 2.86. The molecule has 2 aliphatic heterocycles. The molecule has 1 aromatic heterocycles. The van der Waals surface area contributed by atoms with Gasteiger partial charge < -0.3 is 19.4 Å². The van der Waals surface area contributed by atoms with Crippen molar-refractivity contribution >= 4 is 28.5 Å². The summed E-state index contributed by atoms with van der Waals surface area (Å²) in [5.41, 5.74) is 1.19. The quantitative estimate of drug-likeness (QED) is 0.509. The van der Waals surface area contributed by atoms with E-state index in [9.17, 15) is 9.59 Å². The molecule has 0 bridgehead atoms. The standard InChI is InChI=1S/C27H29ClN2O4/c28-21-9-6-18(7-10-21)23-14-19-8-11-22(15-25(19)34-27(23)32)33-17-26(31)29-16-20-4-3-13-30-12-2-1-5-24(20)30/h6-11,14-15,20,24H,1-5,12-13,16-17H2,(H,29,31). The van der Waals surface area contributed by atoms with E-state index in [0.717, 1.165) is 10.9 Å². The molecule has 0 spiro atoms. The van der Waals surface area contributed by atoms with E-state index in [2.05, 4.69) is 10.2 Å². The van der Waals surface area contributed by atoms with Crippen molar-refractivity contribution in [3.8, 4) is 16.9 Å². The molecule has 2 saturated heterocycles. The number of hydrogen-bond donors (Lipinski definition) is 1. The predicted octanol–water partition coefficient (Wildman–Crippen LogP) is 4.87. The number of hydrogen-bond acceptors (Lipinski definition) is 5. The summed E-state index contributed by atoms with van der Waals surface area (Å²) >= 11 is 5.94. The van der Waals surface area contributed by atoms with Crippen molar-refractivity contribution in [3.05, 3.63) is 64.0 Å². The molecule has 0 aliphatic carbocycles. The first-order chi connectivity index (χ1) is 16.6. The molecule has 2 unspecified atom stereocenters. The number of benzene rings is 2. The van der Waals surface area contributed by atoms with Gasteiger partial charge >= 0.3 is 5.63 Å². The minimum absolute atomic E-state index is 0.0697. The van der Waals surface area contributed by atoms with Crippen molar-refractivity contribution in [2.75, 3.05) is 26.2 Å². The van der Waals surface area contributed by atoms with Crippen LogP contribution in [0.4, 0.5) is 0 Å². The smallest absolute Gasteiger partial charge is 0.344 e. The molecule has 34 heavy (non-hydrogen) atoms. The Bertz CT molecular complexity index is 1220. The first-order valence-corrected chi connectivity index (χ1v) is 12.4. The largest absolute Gasteiger partial charge is 0.484 e. The van der Waals surface area contributed by atoms with Crippen LogP contribution in [0.2, 0.25) is 5.02 Å². The lowest BCUT2D eigenvalue weighted by molar-refractivity contribution is -0.123. The molecule has 178 valence electrons. The Morgan fingerprint density at radius 3 is 2.74 bits per heavy atom. The summed E-state index contributed by atoms with van der Waals surface area (Å²) in [6, 6.07) is 14.7. The highest BCUT2D eigenvalue weighted by Gasteiger charge is 2.32. The minimum atomic E-state index is -0.436. The van der Waals surface area contributed by atoms with Crippen LogP contribution in [0.5, 0.6) is 5.75 Å². The van der Waals surface area contributed by atoms with E-state index in [4.69, 9.17) is 20.8 Å². The number of ether oxygens (including phenoxy) is 1. The molecule has 3 aromatic rings. The Morgan fingerprint density at radius 2 is 1.88 bits per heavy atom. The number of amides is 1. The van der Waals surface area contributed by atoms with Gasteiger partial charge in [0, 0.05) is 29.1 Å². The molecule has 7 heteroatoms. The summed E-state index contributed by atoms with van der Waals surface area (Å²) in [4.78, 5) is 27.6.